The molecule has 0 saturated heterocycles. The molecular formula is C16H24N2O2. The molecule has 1 unspecified atom stereocenters. The molecule has 2 rings (SSSR count). The maximum Gasteiger partial charge on any atom is 0.230 e. The Bertz CT molecular complexity index is 479. The molecule has 3 N–H and O–H groups in total. The van der Waals surface area contributed by atoms with Gasteiger partial charge in [0, 0.05) is 19.1 Å². The number of amides is 1. The molecule has 110 valence electrons. The van der Waals surface area contributed by atoms with Crippen LogP contribution < -0.4 is 5.73 Å². The first kappa shape index (κ1) is 14.9. The molecule has 20 heavy (non-hydrogen) atoms. The van der Waals surface area contributed by atoms with Gasteiger partial charge in [-0.2, -0.15) is 0 Å². The molecule has 0 heterocycles. The number of benzene rings is 1. The van der Waals surface area contributed by atoms with Crippen LogP contribution in [0.1, 0.15) is 38.7 Å². The quantitative estimate of drug-likeness (QED) is 0.837. The number of carbonyl (C=O) groups is 1. The van der Waals surface area contributed by atoms with Crippen molar-refractivity contribution >= 4 is 5.91 Å². The Morgan fingerprint density at radius 2 is 2.20 bits per heavy atom. The highest BCUT2D eigenvalue weighted by Crippen LogP contribution is 2.33. The third kappa shape index (κ3) is 3.12. The summed E-state index contributed by atoms with van der Waals surface area (Å²) < 4.78 is 0. The zero-order valence-corrected chi connectivity index (χ0v) is 12.3. The third-order valence-electron chi connectivity index (χ3n) is 4.26. The molecule has 0 radical (unpaired) electrons. The van der Waals surface area contributed by atoms with Gasteiger partial charge in [0.25, 0.3) is 0 Å². The number of phenols is 1. The Morgan fingerprint density at radius 3 is 2.70 bits per heavy atom. The molecule has 1 saturated carbocycles. The van der Waals surface area contributed by atoms with Gasteiger partial charge < -0.3 is 15.7 Å². The molecule has 4 nitrogen and oxygen atoms in total. The number of carbonyl (C=O) groups excluding carboxylic acids is 1. The van der Waals surface area contributed by atoms with Crippen LogP contribution in [-0.4, -0.2) is 28.5 Å². The van der Waals surface area contributed by atoms with Gasteiger partial charge in [-0.05, 0) is 43.9 Å². The lowest BCUT2D eigenvalue weighted by Crippen LogP contribution is -2.46. The van der Waals surface area contributed by atoms with Gasteiger partial charge >= 0.3 is 0 Å². The van der Waals surface area contributed by atoms with Crippen LogP contribution in [0.4, 0.5) is 0 Å². The summed E-state index contributed by atoms with van der Waals surface area (Å²) >= 11 is 0. The number of rotatable bonds is 6. The average Bonchev–Trinajstić information content (AvgIpc) is 3.28. The Labute approximate surface area is 120 Å². The maximum atomic E-state index is 12.8. The van der Waals surface area contributed by atoms with Crippen LogP contribution in [-0.2, 0) is 11.3 Å². The van der Waals surface area contributed by atoms with Crippen molar-refractivity contribution < 1.29 is 9.90 Å². The molecular weight excluding hydrogens is 252 g/mol. The van der Waals surface area contributed by atoms with E-state index in [2.05, 4.69) is 0 Å². The maximum absolute atomic E-state index is 12.8. The lowest BCUT2D eigenvalue weighted by atomic mass is 9.85. The smallest absolute Gasteiger partial charge is 0.230 e. The Balaban J connectivity index is 2.17. The number of phenolic OH excluding ortho intramolecular Hbond substituents is 1. The molecule has 1 aliphatic carbocycles. The lowest BCUT2D eigenvalue weighted by molar-refractivity contribution is -0.142. The fourth-order valence-electron chi connectivity index (χ4n) is 2.33. The second-order valence-electron chi connectivity index (χ2n) is 5.95. The SMILES string of the molecule is CCC(C)(CN)C(=O)N(Cc1cccc(O)c1)C1CC1. The Hall–Kier alpha value is -1.55. The molecule has 1 aromatic rings. The van der Waals surface area contributed by atoms with Gasteiger partial charge in [-0.3, -0.25) is 4.79 Å². The van der Waals surface area contributed by atoms with E-state index in [0.717, 1.165) is 24.8 Å². The monoisotopic (exact) mass is 276 g/mol. The zero-order chi connectivity index (χ0) is 14.8. The number of aromatic hydroxyl groups is 1. The predicted molar refractivity (Wildman–Crippen MR) is 79.1 cm³/mol. The fourth-order valence-corrected chi connectivity index (χ4v) is 2.33. The first-order valence-electron chi connectivity index (χ1n) is 7.29. The van der Waals surface area contributed by atoms with Crippen molar-refractivity contribution in [1.82, 2.24) is 4.90 Å². The molecule has 0 bridgehead atoms. The molecule has 4 heteroatoms. The van der Waals surface area contributed by atoms with Crippen molar-refractivity contribution in [2.75, 3.05) is 6.54 Å². The van der Waals surface area contributed by atoms with Crippen molar-refractivity contribution in [3.05, 3.63) is 29.8 Å². The van der Waals surface area contributed by atoms with Gasteiger partial charge in [0.05, 0.1) is 5.41 Å². The van der Waals surface area contributed by atoms with E-state index < -0.39 is 5.41 Å². The summed E-state index contributed by atoms with van der Waals surface area (Å²) in [7, 11) is 0. The second-order valence-corrected chi connectivity index (χ2v) is 5.95. The van der Waals surface area contributed by atoms with Crippen LogP contribution >= 0.6 is 0 Å². The minimum atomic E-state index is -0.487. The highest BCUT2D eigenvalue weighted by molar-refractivity contribution is 5.83. The van der Waals surface area contributed by atoms with Crippen molar-refractivity contribution in [2.24, 2.45) is 11.1 Å². The first-order valence-corrected chi connectivity index (χ1v) is 7.29. The van der Waals surface area contributed by atoms with Crippen molar-refractivity contribution in [1.29, 1.82) is 0 Å². The normalized spacial score (nSPS) is 17.6. The van der Waals surface area contributed by atoms with E-state index >= 15 is 0 Å². The lowest BCUT2D eigenvalue weighted by Gasteiger charge is -2.33. The van der Waals surface area contributed by atoms with Crippen LogP contribution in [0.5, 0.6) is 5.75 Å². The Morgan fingerprint density at radius 1 is 1.50 bits per heavy atom. The summed E-state index contributed by atoms with van der Waals surface area (Å²) in [6, 6.07) is 7.44. The minimum absolute atomic E-state index is 0.133. The van der Waals surface area contributed by atoms with E-state index in [4.69, 9.17) is 5.73 Å². The standard InChI is InChI=1S/C16H24N2O2/c1-3-16(2,11-17)15(20)18(13-7-8-13)10-12-5-4-6-14(19)9-12/h4-6,9,13,19H,3,7-8,10-11,17H2,1-2H3. The van der Waals surface area contributed by atoms with Gasteiger partial charge in [-0.15, -0.1) is 0 Å². The fraction of sp³-hybridized carbons (Fsp3) is 0.562. The van der Waals surface area contributed by atoms with Crippen molar-refractivity contribution in [3.63, 3.8) is 0 Å². The minimum Gasteiger partial charge on any atom is -0.508 e. The third-order valence-corrected chi connectivity index (χ3v) is 4.26. The number of nitrogens with zero attached hydrogens (tertiary/aromatic N) is 1. The van der Waals surface area contributed by atoms with Gasteiger partial charge in [-0.1, -0.05) is 19.1 Å². The van der Waals surface area contributed by atoms with Crippen molar-refractivity contribution in [2.45, 2.75) is 45.7 Å². The van der Waals surface area contributed by atoms with Gasteiger partial charge in [-0.25, -0.2) is 0 Å². The summed E-state index contributed by atoms with van der Waals surface area (Å²) in [6.45, 7) is 4.86. The summed E-state index contributed by atoms with van der Waals surface area (Å²) in [6.07, 6.45) is 2.87. The number of nitrogens with two attached hydrogens (primary N) is 1. The van der Waals surface area contributed by atoms with E-state index in [0.29, 0.717) is 19.1 Å². The topological polar surface area (TPSA) is 66.6 Å². The van der Waals surface area contributed by atoms with Crippen molar-refractivity contribution in [3.8, 4) is 5.75 Å². The molecule has 0 aromatic heterocycles. The molecule has 1 atom stereocenters. The summed E-state index contributed by atoms with van der Waals surface area (Å²) in [5.74, 6) is 0.371. The van der Waals surface area contributed by atoms with Gasteiger partial charge in [0.15, 0.2) is 0 Å². The number of hydrogen-bond acceptors (Lipinski definition) is 3. The van der Waals surface area contributed by atoms with Crippen LogP contribution in [0.15, 0.2) is 24.3 Å². The van der Waals surface area contributed by atoms with Crippen LogP contribution in [0.25, 0.3) is 0 Å². The number of hydrogen-bond donors (Lipinski definition) is 2. The summed E-state index contributed by atoms with van der Waals surface area (Å²) in [5, 5.41) is 9.55. The molecule has 1 aromatic carbocycles. The van der Waals surface area contributed by atoms with E-state index in [-0.39, 0.29) is 11.7 Å². The van der Waals surface area contributed by atoms with E-state index in [1.165, 1.54) is 0 Å². The second kappa shape index (κ2) is 5.83. The van der Waals surface area contributed by atoms with E-state index in [9.17, 15) is 9.90 Å². The predicted octanol–water partition coefficient (Wildman–Crippen LogP) is 2.26. The zero-order valence-electron chi connectivity index (χ0n) is 12.3. The van der Waals surface area contributed by atoms with Gasteiger partial charge in [0.2, 0.25) is 5.91 Å². The summed E-state index contributed by atoms with van der Waals surface area (Å²) in [5.41, 5.74) is 6.28. The van der Waals surface area contributed by atoms with E-state index in [1.54, 1.807) is 12.1 Å². The van der Waals surface area contributed by atoms with Gasteiger partial charge in [0.1, 0.15) is 5.75 Å². The largest absolute Gasteiger partial charge is 0.508 e. The van der Waals surface area contributed by atoms with Crippen LogP contribution in [0, 0.1) is 5.41 Å². The molecule has 0 aliphatic heterocycles. The molecule has 0 spiro atoms. The van der Waals surface area contributed by atoms with Crippen LogP contribution in [0.3, 0.4) is 0 Å². The summed E-state index contributed by atoms with van der Waals surface area (Å²) in [4.78, 5) is 14.7. The highest BCUT2D eigenvalue weighted by atomic mass is 16.3. The average molecular weight is 276 g/mol. The van der Waals surface area contributed by atoms with Crippen LogP contribution in [0.2, 0.25) is 0 Å². The Kier molecular flexibility index (Phi) is 4.33. The molecule has 1 aliphatic rings. The highest BCUT2D eigenvalue weighted by Gasteiger charge is 2.40. The van der Waals surface area contributed by atoms with E-state index in [1.807, 2.05) is 30.9 Å². The molecule has 1 amide bonds. The molecule has 1 fully saturated rings. The first-order chi connectivity index (χ1) is 9.50.